The Balaban J connectivity index is 2.87. The van der Waals surface area contributed by atoms with Gasteiger partial charge in [-0.15, -0.1) is 0 Å². The predicted octanol–water partition coefficient (Wildman–Crippen LogP) is 0.841. The molecule has 0 bridgehead atoms. The van der Waals surface area contributed by atoms with Gasteiger partial charge in [0.15, 0.2) is 10.3 Å². The maximum absolute atomic E-state index is 5.93. The molecule has 0 aliphatic heterocycles. The SMILES string of the molecule is Cc1nc(Br)c2ncc(CN)c(N)n12. The first-order chi connectivity index (χ1) is 6.65. The number of aromatic nitrogens is 3. The van der Waals surface area contributed by atoms with E-state index in [0.717, 1.165) is 17.0 Å². The quantitative estimate of drug-likeness (QED) is 0.792. The molecule has 4 N–H and O–H groups in total. The summed E-state index contributed by atoms with van der Waals surface area (Å²) in [5.74, 6) is 1.40. The lowest BCUT2D eigenvalue weighted by Crippen LogP contribution is -2.08. The zero-order valence-corrected chi connectivity index (χ0v) is 9.24. The third-order valence-electron chi connectivity index (χ3n) is 2.11. The van der Waals surface area contributed by atoms with E-state index in [2.05, 4.69) is 25.9 Å². The first kappa shape index (κ1) is 9.42. The van der Waals surface area contributed by atoms with E-state index < -0.39 is 0 Å². The largest absolute Gasteiger partial charge is 0.384 e. The van der Waals surface area contributed by atoms with E-state index in [-0.39, 0.29) is 0 Å². The molecule has 0 atom stereocenters. The van der Waals surface area contributed by atoms with Crippen LogP contribution in [0.4, 0.5) is 5.82 Å². The molecule has 0 saturated heterocycles. The standard InChI is InChI=1S/C8H10BrN5/c1-4-13-6(9)8-12-3-5(2-10)7(11)14(4)8/h3H,2,10-11H2,1H3. The van der Waals surface area contributed by atoms with Gasteiger partial charge in [0.05, 0.1) is 0 Å². The number of hydrogen-bond donors (Lipinski definition) is 2. The molecule has 0 amide bonds. The highest BCUT2D eigenvalue weighted by Crippen LogP contribution is 2.21. The van der Waals surface area contributed by atoms with Crippen LogP contribution in [0.2, 0.25) is 0 Å². The summed E-state index contributed by atoms with van der Waals surface area (Å²) in [6.45, 7) is 2.25. The molecule has 2 aromatic heterocycles. The van der Waals surface area contributed by atoms with Crippen molar-refractivity contribution in [2.24, 2.45) is 5.73 Å². The second-order valence-electron chi connectivity index (χ2n) is 2.98. The predicted molar refractivity (Wildman–Crippen MR) is 57.7 cm³/mol. The molecule has 0 spiro atoms. The van der Waals surface area contributed by atoms with E-state index in [1.165, 1.54) is 0 Å². The molecule has 0 aromatic carbocycles. The fourth-order valence-electron chi connectivity index (χ4n) is 1.39. The second kappa shape index (κ2) is 3.21. The van der Waals surface area contributed by atoms with Crippen molar-refractivity contribution in [2.45, 2.75) is 13.5 Å². The van der Waals surface area contributed by atoms with Crippen molar-refractivity contribution in [3.05, 3.63) is 22.2 Å². The van der Waals surface area contributed by atoms with Gasteiger partial charge in [-0.2, -0.15) is 0 Å². The van der Waals surface area contributed by atoms with Gasteiger partial charge in [-0.3, -0.25) is 4.40 Å². The summed E-state index contributed by atoms with van der Waals surface area (Å²) >= 11 is 3.32. The summed E-state index contributed by atoms with van der Waals surface area (Å²) in [4.78, 5) is 8.45. The molecule has 0 radical (unpaired) electrons. The van der Waals surface area contributed by atoms with Crippen molar-refractivity contribution in [1.29, 1.82) is 0 Å². The Morgan fingerprint density at radius 1 is 1.57 bits per heavy atom. The lowest BCUT2D eigenvalue weighted by molar-refractivity contribution is 0.975. The molecule has 0 aliphatic carbocycles. The molecule has 0 unspecified atom stereocenters. The van der Waals surface area contributed by atoms with Gasteiger partial charge in [0.1, 0.15) is 11.6 Å². The van der Waals surface area contributed by atoms with Crippen molar-refractivity contribution in [1.82, 2.24) is 14.4 Å². The van der Waals surface area contributed by atoms with Crippen LogP contribution < -0.4 is 11.5 Å². The molecule has 2 heterocycles. The number of hydrogen-bond acceptors (Lipinski definition) is 4. The topological polar surface area (TPSA) is 82.2 Å². The minimum atomic E-state index is 0.379. The molecule has 0 fully saturated rings. The summed E-state index contributed by atoms with van der Waals surface area (Å²) in [6.07, 6.45) is 1.68. The fourth-order valence-corrected chi connectivity index (χ4v) is 1.93. The Kier molecular flexibility index (Phi) is 2.16. The minimum absolute atomic E-state index is 0.379. The third kappa shape index (κ3) is 1.18. The zero-order valence-electron chi connectivity index (χ0n) is 7.66. The highest BCUT2D eigenvalue weighted by atomic mass is 79.9. The Morgan fingerprint density at radius 3 is 2.93 bits per heavy atom. The summed E-state index contributed by atoms with van der Waals surface area (Å²) in [5.41, 5.74) is 13.0. The molecule has 5 nitrogen and oxygen atoms in total. The molecule has 14 heavy (non-hydrogen) atoms. The maximum Gasteiger partial charge on any atom is 0.173 e. The van der Waals surface area contributed by atoms with Crippen molar-refractivity contribution in [3.63, 3.8) is 0 Å². The van der Waals surface area contributed by atoms with Gasteiger partial charge >= 0.3 is 0 Å². The summed E-state index contributed by atoms with van der Waals surface area (Å²) in [6, 6.07) is 0. The van der Waals surface area contributed by atoms with Gasteiger partial charge < -0.3 is 11.5 Å². The average molecular weight is 256 g/mol. The molecule has 0 aliphatic rings. The smallest absolute Gasteiger partial charge is 0.173 e. The normalized spacial score (nSPS) is 11.1. The van der Waals surface area contributed by atoms with E-state index in [9.17, 15) is 0 Å². The van der Waals surface area contributed by atoms with E-state index in [1.807, 2.05) is 6.92 Å². The average Bonchev–Trinajstić information content (AvgIpc) is 2.44. The van der Waals surface area contributed by atoms with Gasteiger partial charge in [0, 0.05) is 18.3 Å². The number of rotatable bonds is 1. The fraction of sp³-hybridized carbons (Fsp3) is 0.250. The van der Waals surface area contributed by atoms with Crippen LogP contribution >= 0.6 is 15.9 Å². The van der Waals surface area contributed by atoms with E-state index in [1.54, 1.807) is 10.6 Å². The number of halogens is 1. The zero-order chi connectivity index (χ0) is 10.3. The van der Waals surface area contributed by atoms with Crippen LogP contribution in [0, 0.1) is 6.92 Å². The maximum atomic E-state index is 5.93. The third-order valence-corrected chi connectivity index (χ3v) is 2.64. The highest BCUT2D eigenvalue weighted by molar-refractivity contribution is 9.10. The minimum Gasteiger partial charge on any atom is -0.384 e. The summed E-state index contributed by atoms with van der Waals surface area (Å²) in [7, 11) is 0. The molecule has 2 aromatic rings. The van der Waals surface area contributed by atoms with Gasteiger partial charge in [-0.25, -0.2) is 9.97 Å². The van der Waals surface area contributed by atoms with Gasteiger partial charge in [0.25, 0.3) is 0 Å². The molecular weight excluding hydrogens is 246 g/mol. The number of nitrogen functional groups attached to an aromatic ring is 1. The molecule has 6 heteroatoms. The van der Waals surface area contributed by atoms with Gasteiger partial charge in [-0.1, -0.05) is 0 Å². The van der Waals surface area contributed by atoms with Crippen LogP contribution in [0.15, 0.2) is 10.8 Å². The van der Waals surface area contributed by atoms with Gasteiger partial charge in [-0.05, 0) is 22.9 Å². The molecular formula is C8H10BrN5. The summed E-state index contributed by atoms with van der Waals surface area (Å²) in [5, 5.41) is 0. The Labute approximate surface area is 89.3 Å². The van der Waals surface area contributed by atoms with Crippen LogP contribution in [0.5, 0.6) is 0 Å². The van der Waals surface area contributed by atoms with Gasteiger partial charge in [0.2, 0.25) is 0 Å². The van der Waals surface area contributed by atoms with E-state index >= 15 is 0 Å². The lowest BCUT2D eigenvalue weighted by Gasteiger charge is -2.05. The second-order valence-corrected chi connectivity index (χ2v) is 3.73. The number of anilines is 1. The number of aryl methyl sites for hydroxylation is 1. The van der Waals surface area contributed by atoms with Crippen molar-refractivity contribution < 1.29 is 0 Å². The monoisotopic (exact) mass is 255 g/mol. The Hall–Kier alpha value is -1.14. The van der Waals surface area contributed by atoms with Crippen LogP contribution in [-0.4, -0.2) is 14.4 Å². The molecule has 74 valence electrons. The first-order valence-electron chi connectivity index (χ1n) is 4.13. The number of nitrogens with two attached hydrogens (primary N) is 2. The van der Waals surface area contributed by atoms with Crippen LogP contribution in [0.25, 0.3) is 5.65 Å². The van der Waals surface area contributed by atoms with Crippen molar-refractivity contribution >= 4 is 27.4 Å². The number of fused-ring (bicyclic) bond motifs is 1. The van der Waals surface area contributed by atoms with E-state index in [4.69, 9.17) is 11.5 Å². The van der Waals surface area contributed by atoms with Crippen LogP contribution in [-0.2, 0) is 6.54 Å². The highest BCUT2D eigenvalue weighted by Gasteiger charge is 2.11. The number of imidazole rings is 1. The first-order valence-corrected chi connectivity index (χ1v) is 4.92. The van der Waals surface area contributed by atoms with Crippen LogP contribution in [0.3, 0.4) is 0 Å². The molecule has 0 saturated carbocycles. The Bertz CT molecular complexity index is 490. The van der Waals surface area contributed by atoms with Crippen molar-refractivity contribution in [2.75, 3.05) is 5.73 Å². The number of nitrogens with zero attached hydrogens (tertiary/aromatic N) is 3. The molecule has 2 rings (SSSR count). The Morgan fingerprint density at radius 2 is 2.29 bits per heavy atom. The lowest BCUT2D eigenvalue weighted by atomic mass is 10.3. The summed E-state index contributed by atoms with van der Waals surface area (Å²) < 4.78 is 2.48. The van der Waals surface area contributed by atoms with Crippen molar-refractivity contribution in [3.8, 4) is 0 Å². The van der Waals surface area contributed by atoms with E-state index in [0.29, 0.717) is 17.0 Å². The van der Waals surface area contributed by atoms with Crippen LogP contribution in [0.1, 0.15) is 11.4 Å².